The van der Waals surface area contributed by atoms with Crippen LogP contribution in [0.1, 0.15) is 0 Å². The van der Waals surface area contributed by atoms with Crippen LogP contribution in [-0.4, -0.2) is 0 Å². The molecule has 1 aromatic heterocycles. The second-order valence-electron chi connectivity index (χ2n) is 16.5. The van der Waals surface area contributed by atoms with E-state index >= 15 is 0 Å². The lowest BCUT2D eigenvalue weighted by molar-refractivity contribution is 0.673. The van der Waals surface area contributed by atoms with E-state index in [1.165, 1.54) is 21.9 Å². The minimum atomic E-state index is 0.884. The smallest absolute Gasteiger partial charge is 0.143 e. The molecule has 312 valence electrons. The summed E-state index contributed by atoms with van der Waals surface area (Å²) in [6.45, 7) is 0. The van der Waals surface area contributed by atoms with Gasteiger partial charge in [0.2, 0.25) is 0 Å². The van der Waals surface area contributed by atoms with Crippen LogP contribution in [0.2, 0.25) is 0 Å². The Morgan fingerprint density at radius 2 is 0.591 bits per heavy atom. The number of hydrogen-bond acceptors (Lipinski definition) is 4. The van der Waals surface area contributed by atoms with Gasteiger partial charge in [-0.2, -0.15) is 0 Å². The number of fused-ring (bicyclic) bond motifs is 8. The van der Waals surface area contributed by atoms with Crippen LogP contribution in [0.25, 0.3) is 54.6 Å². The molecule has 0 aliphatic heterocycles. The van der Waals surface area contributed by atoms with E-state index in [4.69, 9.17) is 4.42 Å². The first-order chi connectivity index (χ1) is 32.7. The standard InChI is InChI=1S/C62H43N3O/c1-5-18-44(19-6-1)45-32-34-49(35-33-45)64(48-24-11-4-12-25-48)52-26-17-27-53(42-52)65(51-38-36-50(37-39-51)63(46-20-7-2-8-21-46)47-22-9-3-10-23-47)54-40-41-56-55-28-13-14-29-57(55)62-61(59(56)43-54)58-30-15-16-31-60(58)66-62/h1-43H. The van der Waals surface area contributed by atoms with Crippen molar-refractivity contribution in [3.8, 4) is 11.1 Å². The van der Waals surface area contributed by atoms with E-state index in [9.17, 15) is 0 Å². The number of para-hydroxylation sites is 4. The van der Waals surface area contributed by atoms with E-state index < -0.39 is 0 Å². The van der Waals surface area contributed by atoms with Crippen LogP contribution in [0, 0.1) is 0 Å². The first kappa shape index (κ1) is 38.8. The van der Waals surface area contributed by atoms with Crippen LogP contribution in [0.15, 0.2) is 265 Å². The molecule has 0 aliphatic carbocycles. The fourth-order valence-corrected chi connectivity index (χ4v) is 9.56. The Hall–Kier alpha value is -8.86. The van der Waals surface area contributed by atoms with E-state index in [1.807, 2.05) is 6.07 Å². The Morgan fingerprint density at radius 3 is 1.17 bits per heavy atom. The molecule has 0 atom stereocenters. The molecule has 0 saturated carbocycles. The Morgan fingerprint density at radius 1 is 0.227 bits per heavy atom. The van der Waals surface area contributed by atoms with Crippen molar-refractivity contribution in [2.45, 2.75) is 0 Å². The lowest BCUT2D eigenvalue weighted by atomic mass is 9.96. The third kappa shape index (κ3) is 6.98. The molecule has 4 nitrogen and oxygen atoms in total. The van der Waals surface area contributed by atoms with Gasteiger partial charge in [0, 0.05) is 67.3 Å². The van der Waals surface area contributed by atoms with E-state index in [0.717, 1.165) is 83.9 Å². The molecule has 66 heavy (non-hydrogen) atoms. The van der Waals surface area contributed by atoms with Crippen LogP contribution in [0.5, 0.6) is 0 Å². The summed E-state index contributed by atoms with van der Waals surface area (Å²) in [4.78, 5) is 7.02. The summed E-state index contributed by atoms with van der Waals surface area (Å²) in [5, 5.41) is 6.85. The summed E-state index contributed by atoms with van der Waals surface area (Å²) in [7, 11) is 0. The Bertz CT molecular complexity index is 3590. The maximum absolute atomic E-state index is 6.69. The summed E-state index contributed by atoms with van der Waals surface area (Å²) in [5.74, 6) is 0. The topological polar surface area (TPSA) is 22.9 Å². The van der Waals surface area contributed by atoms with Crippen molar-refractivity contribution >= 4 is 94.7 Å². The zero-order chi connectivity index (χ0) is 43.8. The average Bonchev–Trinajstić information content (AvgIpc) is 3.79. The van der Waals surface area contributed by atoms with Gasteiger partial charge in [0.05, 0.1) is 0 Å². The van der Waals surface area contributed by atoms with Crippen molar-refractivity contribution in [2.24, 2.45) is 0 Å². The second-order valence-corrected chi connectivity index (χ2v) is 16.5. The van der Waals surface area contributed by atoms with Crippen molar-refractivity contribution in [1.29, 1.82) is 0 Å². The maximum Gasteiger partial charge on any atom is 0.143 e. The van der Waals surface area contributed by atoms with Gasteiger partial charge in [0.25, 0.3) is 0 Å². The van der Waals surface area contributed by atoms with Gasteiger partial charge >= 0.3 is 0 Å². The zero-order valence-electron chi connectivity index (χ0n) is 36.1. The van der Waals surface area contributed by atoms with Gasteiger partial charge in [0.1, 0.15) is 11.2 Å². The highest BCUT2D eigenvalue weighted by molar-refractivity contribution is 6.30. The van der Waals surface area contributed by atoms with Gasteiger partial charge in [-0.05, 0) is 136 Å². The molecule has 0 spiro atoms. The number of rotatable bonds is 10. The predicted octanol–water partition coefficient (Wildman–Crippen LogP) is 18.0. The molecule has 0 N–H and O–H groups in total. The molecule has 0 saturated heterocycles. The first-order valence-corrected chi connectivity index (χ1v) is 22.4. The quantitative estimate of drug-likeness (QED) is 0.128. The normalized spacial score (nSPS) is 11.3. The molecule has 0 aliphatic rings. The number of hydrogen-bond donors (Lipinski definition) is 0. The molecule has 0 radical (unpaired) electrons. The monoisotopic (exact) mass is 845 g/mol. The fourth-order valence-electron chi connectivity index (χ4n) is 9.56. The van der Waals surface area contributed by atoms with Crippen molar-refractivity contribution in [1.82, 2.24) is 0 Å². The summed E-state index contributed by atoms with van der Waals surface area (Å²) < 4.78 is 6.69. The third-order valence-electron chi connectivity index (χ3n) is 12.6. The maximum atomic E-state index is 6.69. The SMILES string of the molecule is c1ccc(-c2ccc(N(c3ccccc3)c3cccc(N(c4ccc(N(c5ccccc5)c5ccccc5)cc4)c4ccc5c6ccccc6c6oc7ccccc7c6c5c4)c3)cc2)cc1. The number of furan rings is 1. The van der Waals surface area contributed by atoms with Crippen LogP contribution in [0.3, 0.4) is 0 Å². The average molecular weight is 846 g/mol. The van der Waals surface area contributed by atoms with E-state index in [1.54, 1.807) is 0 Å². The second kappa shape index (κ2) is 16.7. The van der Waals surface area contributed by atoms with Crippen molar-refractivity contribution in [2.75, 3.05) is 14.7 Å². The molecule has 12 rings (SSSR count). The summed E-state index contributed by atoms with van der Waals surface area (Å²) in [5.41, 5.74) is 13.7. The minimum Gasteiger partial charge on any atom is -0.455 e. The van der Waals surface area contributed by atoms with Crippen LogP contribution in [0.4, 0.5) is 51.2 Å². The van der Waals surface area contributed by atoms with Crippen molar-refractivity contribution < 1.29 is 4.42 Å². The molecule has 0 bridgehead atoms. The van der Waals surface area contributed by atoms with Gasteiger partial charge in [-0.25, -0.2) is 0 Å². The largest absolute Gasteiger partial charge is 0.455 e. The van der Waals surface area contributed by atoms with Crippen molar-refractivity contribution in [3.05, 3.63) is 261 Å². The Balaban J connectivity index is 1.05. The van der Waals surface area contributed by atoms with Crippen LogP contribution in [-0.2, 0) is 0 Å². The van der Waals surface area contributed by atoms with Gasteiger partial charge in [-0.3, -0.25) is 0 Å². The molecule has 11 aromatic carbocycles. The molecule has 12 aromatic rings. The summed E-state index contributed by atoms with van der Waals surface area (Å²) in [6, 6.07) is 92.9. The van der Waals surface area contributed by atoms with Crippen LogP contribution < -0.4 is 14.7 Å². The first-order valence-electron chi connectivity index (χ1n) is 22.4. The van der Waals surface area contributed by atoms with Gasteiger partial charge in [-0.15, -0.1) is 0 Å². The highest BCUT2D eigenvalue weighted by Crippen LogP contribution is 2.46. The van der Waals surface area contributed by atoms with E-state index in [-0.39, 0.29) is 0 Å². The predicted molar refractivity (Wildman–Crippen MR) is 278 cm³/mol. The summed E-state index contributed by atoms with van der Waals surface area (Å²) >= 11 is 0. The Labute approximate surface area is 384 Å². The van der Waals surface area contributed by atoms with Gasteiger partial charge in [0.15, 0.2) is 0 Å². The number of benzene rings is 11. The Kier molecular flexibility index (Phi) is 9.81. The van der Waals surface area contributed by atoms with Gasteiger partial charge in [-0.1, -0.05) is 152 Å². The van der Waals surface area contributed by atoms with Gasteiger partial charge < -0.3 is 19.1 Å². The van der Waals surface area contributed by atoms with E-state index in [2.05, 4.69) is 269 Å². The fraction of sp³-hybridized carbons (Fsp3) is 0. The third-order valence-corrected chi connectivity index (χ3v) is 12.6. The highest BCUT2D eigenvalue weighted by Gasteiger charge is 2.22. The van der Waals surface area contributed by atoms with Crippen LogP contribution >= 0.6 is 0 Å². The molecule has 0 unspecified atom stereocenters. The minimum absolute atomic E-state index is 0.884. The van der Waals surface area contributed by atoms with Crippen molar-refractivity contribution in [3.63, 3.8) is 0 Å². The molecule has 0 fully saturated rings. The zero-order valence-corrected chi connectivity index (χ0v) is 36.1. The molecule has 0 amide bonds. The van der Waals surface area contributed by atoms with E-state index in [0.29, 0.717) is 0 Å². The lowest BCUT2D eigenvalue weighted by Crippen LogP contribution is -2.14. The lowest BCUT2D eigenvalue weighted by Gasteiger charge is -2.30. The highest BCUT2D eigenvalue weighted by atomic mass is 16.3. The summed E-state index contributed by atoms with van der Waals surface area (Å²) in [6.07, 6.45) is 0. The molecule has 1 heterocycles. The molecule has 4 heteroatoms. The molecular formula is C62H43N3O. The number of anilines is 9. The molecular weight excluding hydrogens is 803 g/mol. The number of nitrogens with zero attached hydrogens (tertiary/aromatic N) is 3.